The Morgan fingerprint density at radius 3 is 2.00 bits per heavy atom. The molecular formula is C14H19ClN2. The molecule has 2 nitrogen and oxygen atoms in total. The summed E-state index contributed by atoms with van der Waals surface area (Å²) in [5.41, 5.74) is 2.01. The predicted octanol–water partition coefficient (Wildman–Crippen LogP) is 4.20. The maximum Gasteiger partial charge on any atom is 0.101 e. The topological polar surface area (TPSA) is 36.7 Å². The summed E-state index contributed by atoms with van der Waals surface area (Å²) in [6.45, 7) is 12.3. The van der Waals surface area contributed by atoms with Gasteiger partial charge in [-0.25, -0.2) is 0 Å². The third-order valence-electron chi connectivity index (χ3n) is 2.60. The van der Waals surface area contributed by atoms with Crippen molar-refractivity contribution >= 4 is 11.6 Å². The van der Waals surface area contributed by atoms with Gasteiger partial charge in [0.25, 0.3) is 0 Å². The summed E-state index contributed by atoms with van der Waals surface area (Å²) in [4.78, 5) is 4.34. The summed E-state index contributed by atoms with van der Waals surface area (Å²) in [5, 5.41) is 9.97. The van der Waals surface area contributed by atoms with E-state index in [0.29, 0.717) is 10.6 Å². The second-order valence-corrected chi connectivity index (χ2v) is 6.72. The SMILES string of the molecule is CC(C)(C)c1ncc(Cl)c(C(C)(C)C)c1C#N. The summed E-state index contributed by atoms with van der Waals surface area (Å²) in [5.74, 6) is 0. The first-order valence-electron chi connectivity index (χ1n) is 5.68. The van der Waals surface area contributed by atoms with E-state index in [2.05, 4.69) is 52.6 Å². The first-order valence-corrected chi connectivity index (χ1v) is 6.06. The minimum absolute atomic E-state index is 0.157. The smallest absolute Gasteiger partial charge is 0.101 e. The molecule has 0 aliphatic carbocycles. The van der Waals surface area contributed by atoms with Gasteiger partial charge in [-0.2, -0.15) is 5.26 Å². The number of hydrogen-bond donors (Lipinski definition) is 0. The van der Waals surface area contributed by atoms with Crippen LogP contribution in [0.15, 0.2) is 6.20 Å². The van der Waals surface area contributed by atoms with Crippen molar-refractivity contribution in [3.05, 3.63) is 28.0 Å². The number of hydrogen-bond acceptors (Lipinski definition) is 2. The summed E-state index contributed by atoms with van der Waals surface area (Å²) in [6, 6.07) is 2.27. The van der Waals surface area contributed by atoms with Crippen LogP contribution >= 0.6 is 11.6 Å². The van der Waals surface area contributed by atoms with E-state index in [1.165, 1.54) is 0 Å². The van der Waals surface area contributed by atoms with Crippen LogP contribution in [0.1, 0.15) is 58.4 Å². The highest BCUT2D eigenvalue weighted by Gasteiger charge is 2.28. The van der Waals surface area contributed by atoms with E-state index in [-0.39, 0.29) is 10.8 Å². The lowest BCUT2D eigenvalue weighted by atomic mass is 9.79. The van der Waals surface area contributed by atoms with Gasteiger partial charge in [0.15, 0.2) is 0 Å². The highest BCUT2D eigenvalue weighted by atomic mass is 35.5. The van der Waals surface area contributed by atoms with Crippen molar-refractivity contribution in [2.45, 2.75) is 52.4 Å². The van der Waals surface area contributed by atoms with Gasteiger partial charge in [-0.1, -0.05) is 53.1 Å². The summed E-state index contributed by atoms with van der Waals surface area (Å²) >= 11 is 6.20. The molecule has 0 amide bonds. The molecule has 0 radical (unpaired) electrons. The lowest BCUT2D eigenvalue weighted by Crippen LogP contribution is -2.22. The van der Waals surface area contributed by atoms with Gasteiger partial charge < -0.3 is 0 Å². The largest absolute Gasteiger partial charge is 0.258 e. The Morgan fingerprint density at radius 1 is 1.12 bits per heavy atom. The minimum atomic E-state index is -0.162. The molecule has 1 aromatic heterocycles. The summed E-state index contributed by atoms with van der Waals surface area (Å²) in [6.07, 6.45) is 1.66. The van der Waals surface area contributed by atoms with E-state index in [4.69, 9.17) is 11.6 Å². The van der Waals surface area contributed by atoms with Gasteiger partial charge in [-0.3, -0.25) is 4.98 Å². The Hall–Kier alpha value is -1.07. The fraction of sp³-hybridized carbons (Fsp3) is 0.571. The van der Waals surface area contributed by atoms with Crippen LogP contribution in [0.5, 0.6) is 0 Å². The zero-order chi connectivity index (χ0) is 13.4. The molecule has 0 spiro atoms. The zero-order valence-electron chi connectivity index (χ0n) is 11.3. The third-order valence-corrected chi connectivity index (χ3v) is 2.89. The Bertz CT molecular complexity index is 471. The van der Waals surface area contributed by atoms with E-state index < -0.39 is 0 Å². The monoisotopic (exact) mass is 250 g/mol. The quantitative estimate of drug-likeness (QED) is 0.692. The maximum absolute atomic E-state index is 9.40. The molecule has 0 unspecified atom stereocenters. The van der Waals surface area contributed by atoms with Crippen molar-refractivity contribution in [3.63, 3.8) is 0 Å². The number of aromatic nitrogens is 1. The molecule has 0 saturated carbocycles. The van der Waals surface area contributed by atoms with Crippen LogP contribution in [0.4, 0.5) is 0 Å². The normalized spacial score (nSPS) is 12.4. The van der Waals surface area contributed by atoms with Crippen molar-refractivity contribution in [1.82, 2.24) is 4.98 Å². The highest BCUT2D eigenvalue weighted by molar-refractivity contribution is 6.31. The molecule has 92 valence electrons. The molecule has 0 bridgehead atoms. The van der Waals surface area contributed by atoms with E-state index in [0.717, 1.165) is 11.3 Å². The van der Waals surface area contributed by atoms with Crippen molar-refractivity contribution in [1.29, 1.82) is 5.26 Å². The van der Waals surface area contributed by atoms with Crippen LogP contribution in [0.2, 0.25) is 5.02 Å². The maximum atomic E-state index is 9.40. The van der Waals surface area contributed by atoms with E-state index in [1.807, 2.05) is 0 Å². The Balaban J connectivity index is 3.68. The molecule has 17 heavy (non-hydrogen) atoms. The van der Waals surface area contributed by atoms with Crippen LogP contribution in [-0.4, -0.2) is 4.98 Å². The minimum Gasteiger partial charge on any atom is -0.258 e. The van der Waals surface area contributed by atoms with Crippen LogP contribution in [-0.2, 0) is 10.8 Å². The zero-order valence-corrected chi connectivity index (χ0v) is 12.1. The first kappa shape index (κ1) is 14.0. The standard InChI is InChI=1S/C14H19ClN2/c1-13(2,3)11-9(7-16)12(14(4,5)6)17-8-10(11)15/h8H,1-6H3. The van der Waals surface area contributed by atoms with Gasteiger partial charge in [0.05, 0.1) is 16.3 Å². The Morgan fingerprint density at radius 2 is 1.65 bits per heavy atom. The fourth-order valence-corrected chi connectivity index (χ4v) is 2.33. The van der Waals surface area contributed by atoms with Crippen molar-refractivity contribution < 1.29 is 0 Å². The lowest BCUT2D eigenvalue weighted by Gasteiger charge is -2.27. The van der Waals surface area contributed by atoms with Gasteiger partial charge in [0.1, 0.15) is 6.07 Å². The van der Waals surface area contributed by atoms with Gasteiger partial charge in [0.2, 0.25) is 0 Å². The van der Waals surface area contributed by atoms with E-state index in [9.17, 15) is 5.26 Å². The fourth-order valence-electron chi connectivity index (χ4n) is 1.90. The molecule has 1 rings (SSSR count). The Kier molecular flexibility index (Phi) is 3.55. The molecule has 3 heteroatoms. The number of nitriles is 1. The number of nitrogens with zero attached hydrogens (tertiary/aromatic N) is 2. The predicted molar refractivity (Wildman–Crippen MR) is 71.4 cm³/mol. The van der Waals surface area contributed by atoms with Crippen molar-refractivity contribution in [2.75, 3.05) is 0 Å². The molecule has 0 aliphatic heterocycles. The molecule has 0 aliphatic rings. The molecule has 0 saturated heterocycles. The first-order chi connectivity index (χ1) is 7.59. The Labute approximate surface area is 109 Å². The number of rotatable bonds is 0. The number of pyridine rings is 1. The lowest BCUT2D eigenvalue weighted by molar-refractivity contribution is 0.549. The van der Waals surface area contributed by atoms with Gasteiger partial charge in [0, 0.05) is 11.6 Å². The van der Waals surface area contributed by atoms with Crippen LogP contribution < -0.4 is 0 Å². The van der Waals surface area contributed by atoms with Crippen LogP contribution in [0.25, 0.3) is 0 Å². The van der Waals surface area contributed by atoms with Gasteiger partial charge in [-0.15, -0.1) is 0 Å². The average molecular weight is 251 g/mol. The molecular weight excluding hydrogens is 232 g/mol. The summed E-state index contributed by atoms with van der Waals surface area (Å²) in [7, 11) is 0. The van der Waals surface area contributed by atoms with E-state index in [1.54, 1.807) is 6.20 Å². The number of halogens is 1. The average Bonchev–Trinajstić information content (AvgIpc) is 2.12. The van der Waals surface area contributed by atoms with Crippen molar-refractivity contribution in [3.8, 4) is 6.07 Å². The van der Waals surface area contributed by atoms with E-state index >= 15 is 0 Å². The van der Waals surface area contributed by atoms with Crippen LogP contribution in [0.3, 0.4) is 0 Å². The second-order valence-electron chi connectivity index (χ2n) is 6.32. The second kappa shape index (κ2) is 4.31. The molecule has 0 atom stereocenters. The molecule has 0 aromatic carbocycles. The van der Waals surface area contributed by atoms with Gasteiger partial charge >= 0.3 is 0 Å². The molecule has 1 aromatic rings. The molecule has 0 N–H and O–H groups in total. The van der Waals surface area contributed by atoms with Crippen LogP contribution in [0, 0.1) is 11.3 Å². The summed E-state index contributed by atoms with van der Waals surface area (Å²) < 4.78 is 0. The molecule has 1 heterocycles. The van der Waals surface area contributed by atoms with Gasteiger partial charge in [-0.05, 0) is 11.0 Å². The molecule has 0 fully saturated rings. The highest BCUT2D eigenvalue weighted by Crippen LogP contribution is 2.36. The third kappa shape index (κ3) is 2.79. The van der Waals surface area contributed by atoms with Crippen molar-refractivity contribution in [2.24, 2.45) is 0 Å².